The zero-order valence-electron chi connectivity index (χ0n) is 14.6. The number of hydrogen-bond acceptors (Lipinski definition) is 2. The van der Waals surface area contributed by atoms with E-state index in [9.17, 15) is 9.90 Å². The maximum atomic E-state index is 12.5. The number of carbonyl (C=O) groups excluding carboxylic acids is 1. The number of fused-ring (bicyclic) bond motifs is 5. The normalized spacial score (nSPS) is 53.3. The molecule has 126 valence electrons. The van der Waals surface area contributed by atoms with Crippen molar-refractivity contribution in [3.8, 4) is 0 Å². The van der Waals surface area contributed by atoms with Crippen molar-refractivity contribution >= 4 is 5.78 Å². The Morgan fingerprint density at radius 3 is 2.57 bits per heavy atom. The van der Waals surface area contributed by atoms with Gasteiger partial charge in [0, 0.05) is 5.41 Å². The average molecular weight is 314 g/mol. The van der Waals surface area contributed by atoms with E-state index in [4.69, 9.17) is 0 Å². The SMILES string of the molecule is C[C@]12CC[C@H]3[C@@H](CCC4=CC(=O)C5(CC5)C[C@@]43C)[C@@H]1CC[C@@H]2O. The first-order chi connectivity index (χ1) is 10.9. The van der Waals surface area contributed by atoms with Crippen molar-refractivity contribution in [2.45, 2.75) is 77.7 Å². The highest BCUT2D eigenvalue weighted by atomic mass is 16.3. The quantitative estimate of drug-likeness (QED) is 0.725. The van der Waals surface area contributed by atoms with E-state index in [1.165, 1.54) is 31.3 Å². The molecule has 0 aromatic rings. The summed E-state index contributed by atoms with van der Waals surface area (Å²) in [5.41, 5.74) is 1.95. The molecule has 0 saturated heterocycles. The summed E-state index contributed by atoms with van der Waals surface area (Å²) in [6, 6.07) is 0. The second-order valence-corrected chi connectivity index (χ2v) is 9.96. The summed E-state index contributed by atoms with van der Waals surface area (Å²) in [5, 5.41) is 10.5. The zero-order chi connectivity index (χ0) is 16.0. The van der Waals surface area contributed by atoms with Crippen molar-refractivity contribution in [1.29, 1.82) is 0 Å². The fourth-order valence-electron chi connectivity index (χ4n) is 7.46. The van der Waals surface area contributed by atoms with Gasteiger partial charge < -0.3 is 5.11 Å². The smallest absolute Gasteiger partial charge is 0.161 e. The van der Waals surface area contributed by atoms with Crippen LogP contribution < -0.4 is 0 Å². The summed E-state index contributed by atoms with van der Waals surface area (Å²) in [4.78, 5) is 12.5. The molecule has 5 aliphatic rings. The number of rotatable bonds is 0. The molecule has 6 atom stereocenters. The van der Waals surface area contributed by atoms with Crippen molar-refractivity contribution < 1.29 is 9.90 Å². The van der Waals surface area contributed by atoms with Crippen molar-refractivity contribution in [2.24, 2.45) is 34.0 Å². The predicted molar refractivity (Wildman–Crippen MR) is 89.8 cm³/mol. The molecule has 0 heterocycles. The third kappa shape index (κ3) is 1.72. The predicted octanol–water partition coefficient (Wildman–Crippen LogP) is 4.27. The number of carbonyl (C=O) groups is 1. The van der Waals surface area contributed by atoms with E-state index in [0.29, 0.717) is 11.7 Å². The van der Waals surface area contributed by atoms with Gasteiger partial charge in [0.15, 0.2) is 5.78 Å². The Morgan fingerprint density at radius 1 is 1.04 bits per heavy atom. The lowest BCUT2D eigenvalue weighted by Crippen LogP contribution is -2.52. The van der Waals surface area contributed by atoms with Gasteiger partial charge in [0.2, 0.25) is 0 Å². The monoisotopic (exact) mass is 314 g/mol. The molecule has 4 saturated carbocycles. The molecule has 0 amide bonds. The molecule has 2 nitrogen and oxygen atoms in total. The van der Waals surface area contributed by atoms with Gasteiger partial charge in [0.1, 0.15) is 0 Å². The van der Waals surface area contributed by atoms with Crippen LogP contribution in [0, 0.1) is 34.0 Å². The van der Waals surface area contributed by atoms with Gasteiger partial charge in [0.05, 0.1) is 6.10 Å². The topological polar surface area (TPSA) is 37.3 Å². The Hall–Kier alpha value is -0.630. The largest absolute Gasteiger partial charge is 0.393 e. The van der Waals surface area contributed by atoms with Crippen LogP contribution in [-0.2, 0) is 4.79 Å². The number of aliphatic hydroxyl groups is 1. The Labute approximate surface area is 139 Å². The van der Waals surface area contributed by atoms with Crippen LogP contribution in [-0.4, -0.2) is 17.0 Å². The molecule has 0 bridgehead atoms. The number of hydrogen-bond donors (Lipinski definition) is 1. The van der Waals surface area contributed by atoms with Crippen LogP contribution in [0.3, 0.4) is 0 Å². The van der Waals surface area contributed by atoms with E-state index in [-0.39, 0.29) is 22.3 Å². The van der Waals surface area contributed by atoms with Crippen LogP contribution in [0.4, 0.5) is 0 Å². The first-order valence-electron chi connectivity index (χ1n) is 9.83. The summed E-state index contributed by atoms with van der Waals surface area (Å²) in [7, 11) is 0. The van der Waals surface area contributed by atoms with Gasteiger partial charge >= 0.3 is 0 Å². The number of ketones is 1. The van der Waals surface area contributed by atoms with Crippen LogP contribution in [0.15, 0.2) is 11.6 Å². The van der Waals surface area contributed by atoms with E-state index >= 15 is 0 Å². The summed E-state index contributed by atoms with van der Waals surface area (Å²) in [6.45, 7) is 4.84. The summed E-state index contributed by atoms with van der Waals surface area (Å²) in [5.74, 6) is 2.68. The molecule has 0 unspecified atom stereocenters. The molecule has 23 heavy (non-hydrogen) atoms. The highest BCUT2D eigenvalue weighted by molar-refractivity contribution is 5.98. The Balaban J connectivity index is 1.53. The minimum Gasteiger partial charge on any atom is -0.393 e. The summed E-state index contributed by atoms with van der Waals surface area (Å²) < 4.78 is 0. The minimum absolute atomic E-state index is 0.0378. The molecule has 5 rings (SSSR count). The van der Waals surface area contributed by atoms with E-state index < -0.39 is 0 Å². The second kappa shape index (κ2) is 4.31. The third-order valence-electron chi connectivity index (χ3n) is 9.07. The highest BCUT2D eigenvalue weighted by Crippen LogP contribution is 2.69. The molecule has 1 N–H and O–H groups in total. The number of aliphatic hydroxyl groups excluding tert-OH is 1. The molecule has 0 aromatic carbocycles. The lowest BCUT2D eigenvalue weighted by Gasteiger charge is -2.58. The van der Waals surface area contributed by atoms with Crippen molar-refractivity contribution in [2.75, 3.05) is 0 Å². The van der Waals surface area contributed by atoms with Crippen LogP contribution in [0.25, 0.3) is 0 Å². The molecule has 5 aliphatic carbocycles. The van der Waals surface area contributed by atoms with Crippen molar-refractivity contribution in [1.82, 2.24) is 0 Å². The van der Waals surface area contributed by atoms with E-state index in [1.54, 1.807) is 0 Å². The molecule has 0 radical (unpaired) electrons. The van der Waals surface area contributed by atoms with E-state index in [0.717, 1.165) is 43.9 Å². The second-order valence-electron chi connectivity index (χ2n) is 9.96. The molecule has 0 aliphatic heterocycles. The summed E-state index contributed by atoms with van der Waals surface area (Å²) in [6.07, 6.45) is 12.4. The van der Waals surface area contributed by atoms with E-state index in [2.05, 4.69) is 19.9 Å². The molecule has 2 heteroatoms. The number of allylic oxidation sites excluding steroid dienone is 1. The molecule has 4 fully saturated rings. The van der Waals surface area contributed by atoms with Crippen molar-refractivity contribution in [3.05, 3.63) is 11.6 Å². The van der Waals surface area contributed by atoms with Gasteiger partial charge in [-0.2, -0.15) is 0 Å². The maximum absolute atomic E-state index is 12.5. The molecular weight excluding hydrogens is 284 g/mol. The van der Waals surface area contributed by atoms with Crippen molar-refractivity contribution in [3.63, 3.8) is 0 Å². The first kappa shape index (κ1) is 14.7. The van der Waals surface area contributed by atoms with Gasteiger partial charge in [0.25, 0.3) is 0 Å². The van der Waals surface area contributed by atoms with Crippen LogP contribution in [0.2, 0.25) is 0 Å². The Kier molecular flexibility index (Phi) is 2.75. The van der Waals surface area contributed by atoms with Gasteiger partial charge in [-0.3, -0.25) is 4.79 Å². The van der Waals surface area contributed by atoms with Gasteiger partial charge in [-0.25, -0.2) is 0 Å². The van der Waals surface area contributed by atoms with Crippen LogP contribution >= 0.6 is 0 Å². The fraction of sp³-hybridized carbons (Fsp3) is 0.857. The third-order valence-corrected chi connectivity index (χ3v) is 9.07. The summed E-state index contributed by atoms with van der Waals surface area (Å²) >= 11 is 0. The van der Waals surface area contributed by atoms with Gasteiger partial charge in [-0.15, -0.1) is 0 Å². The van der Waals surface area contributed by atoms with E-state index in [1.807, 2.05) is 0 Å². The van der Waals surface area contributed by atoms with Gasteiger partial charge in [-0.05, 0) is 92.4 Å². The molecule has 1 spiro atoms. The van der Waals surface area contributed by atoms with Gasteiger partial charge in [-0.1, -0.05) is 19.4 Å². The maximum Gasteiger partial charge on any atom is 0.161 e. The lowest BCUT2D eigenvalue weighted by molar-refractivity contribution is -0.124. The lowest BCUT2D eigenvalue weighted by atomic mass is 9.46. The minimum atomic E-state index is -0.0825. The molecule has 0 aromatic heterocycles. The highest BCUT2D eigenvalue weighted by Gasteiger charge is 2.63. The average Bonchev–Trinajstić information content (AvgIpc) is 3.21. The van der Waals surface area contributed by atoms with Crippen LogP contribution in [0.1, 0.15) is 71.6 Å². The van der Waals surface area contributed by atoms with Crippen LogP contribution in [0.5, 0.6) is 0 Å². The standard InChI is InChI=1S/C21H30O2/c1-19-8-7-16-14(15(19)5-6-17(19)22)4-3-13-11-18(23)21(9-10-21)12-20(13,16)2/h11,14-17,22H,3-10,12H2,1-2H3/t14-,15-,16-,17-,19-,20-/m0/s1. The Bertz CT molecular complexity index is 601. The Morgan fingerprint density at radius 2 is 1.83 bits per heavy atom. The fourth-order valence-corrected chi connectivity index (χ4v) is 7.46. The molecular formula is C21H30O2. The first-order valence-corrected chi connectivity index (χ1v) is 9.83. The zero-order valence-corrected chi connectivity index (χ0v) is 14.6.